The number of carbonyl (C=O) groups is 1. The zero-order valence-corrected chi connectivity index (χ0v) is 12.1. The van der Waals surface area contributed by atoms with Crippen LogP contribution in [0, 0.1) is 0 Å². The van der Waals surface area contributed by atoms with Gasteiger partial charge in [0.15, 0.2) is 9.84 Å². The standard InChI is InChI=1S/C13H18O6S/c1-3-19-12(15)8-10(14)13(16)9-6-4-5-7-11(9)20(2,17)18/h4-7,10,13-14,16H,3,8H2,1-2H3. The van der Waals surface area contributed by atoms with Crippen LogP contribution in [-0.2, 0) is 19.4 Å². The molecule has 2 N–H and O–H groups in total. The van der Waals surface area contributed by atoms with Crippen molar-refractivity contribution in [1.29, 1.82) is 0 Å². The number of ether oxygens (including phenoxy) is 1. The van der Waals surface area contributed by atoms with E-state index in [-0.39, 0.29) is 17.1 Å². The highest BCUT2D eigenvalue weighted by atomic mass is 32.2. The Labute approximate surface area is 117 Å². The van der Waals surface area contributed by atoms with Gasteiger partial charge in [-0.1, -0.05) is 18.2 Å². The predicted octanol–water partition coefficient (Wildman–Crippen LogP) is 0.438. The fourth-order valence-corrected chi connectivity index (χ4v) is 2.71. The summed E-state index contributed by atoms with van der Waals surface area (Å²) in [6.07, 6.45) is -2.31. The van der Waals surface area contributed by atoms with Gasteiger partial charge < -0.3 is 14.9 Å². The van der Waals surface area contributed by atoms with E-state index < -0.39 is 34.4 Å². The van der Waals surface area contributed by atoms with Crippen LogP contribution in [-0.4, -0.2) is 43.6 Å². The first-order chi connectivity index (χ1) is 9.27. The van der Waals surface area contributed by atoms with Crippen LogP contribution >= 0.6 is 0 Å². The fourth-order valence-electron chi connectivity index (χ4n) is 1.77. The molecule has 0 fully saturated rings. The van der Waals surface area contributed by atoms with E-state index in [0.29, 0.717) is 0 Å². The molecule has 0 aromatic heterocycles. The molecule has 6 nitrogen and oxygen atoms in total. The van der Waals surface area contributed by atoms with E-state index in [2.05, 4.69) is 4.74 Å². The molecule has 0 radical (unpaired) electrons. The van der Waals surface area contributed by atoms with Crippen LogP contribution in [0.5, 0.6) is 0 Å². The summed E-state index contributed by atoms with van der Waals surface area (Å²) >= 11 is 0. The highest BCUT2D eigenvalue weighted by molar-refractivity contribution is 7.90. The fraction of sp³-hybridized carbons (Fsp3) is 0.462. The Bertz CT molecular complexity index is 566. The number of sulfone groups is 1. The van der Waals surface area contributed by atoms with Gasteiger partial charge in [-0.3, -0.25) is 4.79 Å². The molecule has 0 amide bonds. The normalized spacial score (nSPS) is 14.6. The Balaban J connectivity index is 2.98. The second-order valence-electron chi connectivity index (χ2n) is 4.33. The van der Waals surface area contributed by atoms with Gasteiger partial charge in [0.1, 0.15) is 6.10 Å². The molecule has 7 heteroatoms. The molecule has 1 aromatic carbocycles. The van der Waals surface area contributed by atoms with Crippen LogP contribution in [0.15, 0.2) is 29.2 Å². The largest absolute Gasteiger partial charge is 0.466 e. The van der Waals surface area contributed by atoms with Gasteiger partial charge >= 0.3 is 5.97 Å². The monoisotopic (exact) mass is 302 g/mol. The third kappa shape index (κ3) is 4.29. The Hall–Kier alpha value is -1.44. The number of aliphatic hydroxyl groups excluding tert-OH is 2. The van der Waals surface area contributed by atoms with Crippen molar-refractivity contribution in [1.82, 2.24) is 0 Å². The maximum atomic E-state index is 11.6. The first-order valence-electron chi connectivity index (χ1n) is 6.08. The van der Waals surface area contributed by atoms with Crippen LogP contribution in [0.2, 0.25) is 0 Å². The lowest BCUT2D eigenvalue weighted by molar-refractivity contribution is -0.147. The number of benzene rings is 1. The van der Waals surface area contributed by atoms with E-state index >= 15 is 0 Å². The van der Waals surface area contributed by atoms with Gasteiger partial charge in [0.25, 0.3) is 0 Å². The number of aliphatic hydroxyl groups is 2. The molecule has 1 rings (SSSR count). The zero-order chi connectivity index (χ0) is 15.3. The van der Waals surface area contributed by atoms with Crippen LogP contribution in [0.4, 0.5) is 0 Å². The molecule has 1 aromatic rings. The summed E-state index contributed by atoms with van der Waals surface area (Å²) in [6.45, 7) is 1.79. The summed E-state index contributed by atoms with van der Waals surface area (Å²) in [5.74, 6) is -0.657. The van der Waals surface area contributed by atoms with Crippen molar-refractivity contribution in [2.45, 2.75) is 30.4 Å². The number of hydrogen-bond acceptors (Lipinski definition) is 6. The van der Waals surface area contributed by atoms with E-state index in [4.69, 9.17) is 0 Å². The highest BCUT2D eigenvalue weighted by Crippen LogP contribution is 2.26. The third-order valence-electron chi connectivity index (χ3n) is 2.68. The lowest BCUT2D eigenvalue weighted by Crippen LogP contribution is -2.24. The lowest BCUT2D eigenvalue weighted by Gasteiger charge is -2.19. The topological polar surface area (TPSA) is 101 Å². The summed E-state index contributed by atoms with van der Waals surface area (Å²) in [5.41, 5.74) is 0.0619. The quantitative estimate of drug-likeness (QED) is 0.739. The summed E-state index contributed by atoms with van der Waals surface area (Å²) in [7, 11) is -3.54. The summed E-state index contributed by atoms with van der Waals surface area (Å²) in [6, 6.07) is 5.80. The van der Waals surface area contributed by atoms with Gasteiger partial charge in [-0.15, -0.1) is 0 Å². The molecular formula is C13H18O6S. The molecule has 2 unspecified atom stereocenters. The summed E-state index contributed by atoms with van der Waals surface area (Å²) in [4.78, 5) is 11.2. The van der Waals surface area contributed by atoms with Crippen LogP contribution < -0.4 is 0 Å². The van der Waals surface area contributed by atoms with Crippen molar-refractivity contribution in [2.24, 2.45) is 0 Å². The van der Waals surface area contributed by atoms with Gasteiger partial charge in [0.05, 0.1) is 24.0 Å². The third-order valence-corrected chi connectivity index (χ3v) is 3.85. The van der Waals surface area contributed by atoms with Gasteiger partial charge in [0, 0.05) is 11.8 Å². The molecule has 0 saturated heterocycles. The Morgan fingerprint density at radius 1 is 1.30 bits per heavy atom. The van der Waals surface area contributed by atoms with E-state index in [1.54, 1.807) is 13.0 Å². The molecule has 2 atom stereocenters. The minimum absolute atomic E-state index is 0.0619. The first-order valence-corrected chi connectivity index (χ1v) is 7.97. The first kappa shape index (κ1) is 16.6. The minimum Gasteiger partial charge on any atom is -0.466 e. The lowest BCUT2D eigenvalue weighted by atomic mass is 10.0. The molecule has 0 heterocycles. The van der Waals surface area contributed by atoms with Crippen molar-refractivity contribution < 1.29 is 28.2 Å². The molecule has 112 valence electrons. The molecule has 0 bridgehead atoms. The number of carbonyl (C=O) groups excluding carboxylic acids is 1. The predicted molar refractivity (Wildman–Crippen MR) is 71.8 cm³/mol. The van der Waals surface area contributed by atoms with Gasteiger partial charge in [-0.05, 0) is 13.0 Å². The molecule has 0 aliphatic rings. The highest BCUT2D eigenvalue weighted by Gasteiger charge is 2.26. The molecule has 0 aliphatic heterocycles. The minimum atomic E-state index is -3.54. The van der Waals surface area contributed by atoms with Crippen molar-refractivity contribution in [3.8, 4) is 0 Å². The van der Waals surface area contributed by atoms with Crippen molar-refractivity contribution >= 4 is 15.8 Å². The second-order valence-corrected chi connectivity index (χ2v) is 6.32. The average molecular weight is 302 g/mol. The van der Waals surface area contributed by atoms with E-state index in [1.165, 1.54) is 18.2 Å². The summed E-state index contributed by atoms with van der Waals surface area (Å²) in [5, 5.41) is 19.8. The molecule has 0 aliphatic carbocycles. The molecule has 0 saturated carbocycles. The maximum Gasteiger partial charge on any atom is 0.308 e. The Kier molecular flexibility index (Phi) is 5.67. The average Bonchev–Trinajstić information content (AvgIpc) is 2.37. The second kappa shape index (κ2) is 6.83. The number of hydrogen-bond donors (Lipinski definition) is 2. The van der Waals surface area contributed by atoms with E-state index in [9.17, 15) is 23.4 Å². The van der Waals surface area contributed by atoms with Crippen LogP contribution in [0.25, 0.3) is 0 Å². The Morgan fingerprint density at radius 2 is 1.90 bits per heavy atom. The maximum absolute atomic E-state index is 11.6. The van der Waals surface area contributed by atoms with Crippen molar-refractivity contribution in [3.05, 3.63) is 29.8 Å². The summed E-state index contributed by atoms with van der Waals surface area (Å²) < 4.78 is 27.9. The SMILES string of the molecule is CCOC(=O)CC(O)C(O)c1ccccc1S(C)(=O)=O. The zero-order valence-electron chi connectivity index (χ0n) is 11.3. The number of rotatable bonds is 6. The van der Waals surface area contributed by atoms with Crippen LogP contribution in [0.3, 0.4) is 0 Å². The number of esters is 1. The van der Waals surface area contributed by atoms with E-state index in [1.807, 2.05) is 0 Å². The Morgan fingerprint density at radius 3 is 2.45 bits per heavy atom. The molecule has 0 spiro atoms. The van der Waals surface area contributed by atoms with Crippen molar-refractivity contribution in [3.63, 3.8) is 0 Å². The van der Waals surface area contributed by atoms with Gasteiger partial charge in [0.2, 0.25) is 0 Å². The van der Waals surface area contributed by atoms with Crippen molar-refractivity contribution in [2.75, 3.05) is 12.9 Å². The van der Waals surface area contributed by atoms with Gasteiger partial charge in [-0.25, -0.2) is 8.42 Å². The van der Waals surface area contributed by atoms with Gasteiger partial charge in [-0.2, -0.15) is 0 Å². The molecule has 20 heavy (non-hydrogen) atoms. The smallest absolute Gasteiger partial charge is 0.308 e. The van der Waals surface area contributed by atoms with Crippen LogP contribution in [0.1, 0.15) is 25.0 Å². The molecular weight excluding hydrogens is 284 g/mol. The van der Waals surface area contributed by atoms with E-state index in [0.717, 1.165) is 6.26 Å².